The summed E-state index contributed by atoms with van der Waals surface area (Å²) in [5, 5.41) is 13.0. The predicted molar refractivity (Wildman–Crippen MR) is 126 cm³/mol. The fraction of sp³-hybridized carbons (Fsp3) is 0.250. The van der Waals surface area contributed by atoms with E-state index in [-0.39, 0.29) is 6.10 Å². The van der Waals surface area contributed by atoms with Crippen molar-refractivity contribution in [3.8, 4) is 34.1 Å². The zero-order chi connectivity index (χ0) is 23.7. The second-order valence-electron chi connectivity index (χ2n) is 7.78. The van der Waals surface area contributed by atoms with E-state index in [0.717, 1.165) is 23.4 Å². The van der Waals surface area contributed by atoms with Crippen molar-refractivity contribution in [2.24, 2.45) is 7.05 Å². The molecule has 10 heteroatoms. The molecule has 4 heterocycles. The normalized spacial score (nSPS) is 12.1. The van der Waals surface area contributed by atoms with Crippen LogP contribution in [0.15, 0.2) is 55.1 Å². The summed E-state index contributed by atoms with van der Waals surface area (Å²) < 4.78 is 15.2. The van der Waals surface area contributed by atoms with E-state index >= 15 is 0 Å². The smallest absolute Gasteiger partial charge is 0.258 e. The third-order valence-electron chi connectivity index (χ3n) is 5.48. The first-order valence-corrected chi connectivity index (χ1v) is 10.9. The molecule has 0 spiro atoms. The molecule has 0 radical (unpaired) electrons. The highest BCUT2D eigenvalue weighted by atomic mass is 16.5. The Hall–Kier alpha value is -4.34. The minimum absolute atomic E-state index is 0.328. The second kappa shape index (κ2) is 8.89. The Kier molecular flexibility index (Phi) is 5.62. The van der Waals surface area contributed by atoms with Gasteiger partial charge in [0.05, 0.1) is 18.8 Å². The Balaban J connectivity index is 1.62. The molecule has 5 rings (SSSR count). The lowest BCUT2D eigenvalue weighted by Gasteiger charge is -2.15. The minimum atomic E-state index is -0.384. The second-order valence-corrected chi connectivity index (χ2v) is 7.78. The Morgan fingerprint density at radius 1 is 1.06 bits per heavy atom. The van der Waals surface area contributed by atoms with Crippen LogP contribution in [0.25, 0.3) is 33.5 Å². The molecule has 0 saturated heterocycles. The lowest BCUT2D eigenvalue weighted by Crippen LogP contribution is -2.07. The molecular formula is C24H24N8O2. The van der Waals surface area contributed by atoms with E-state index in [1.807, 2.05) is 63.6 Å². The molecular weight excluding hydrogens is 432 g/mol. The van der Waals surface area contributed by atoms with Crippen molar-refractivity contribution in [3.05, 3.63) is 60.8 Å². The highest BCUT2D eigenvalue weighted by Crippen LogP contribution is 2.37. The molecule has 172 valence electrons. The van der Waals surface area contributed by atoms with Crippen molar-refractivity contribution >= 4 is 11.0 Å². The van der Waals surface area contributed by atoms with Gasteiger partial charge in [-0.3, -0.25) is 9.36 Å². The third-order valence-corrected chi connectivity index (χ3v) is 5.48. The number of hydrogen-bond donors (Lipinski definition) is 0. The molecule has 0 amide bonds. The van der Waals surface area contributed by atoms with Crippen LogP contribution in [-0.2, 0) is 13.6 Å². The molecule has 0 aliphatic rings. The molecule has 0 aliphatic heterocycles. The standard InChI is InChI=1S/C24H24N8O2/c1-5-32-13-19(28-30-32)15(2)34-24-20(33-4)11-18-23(27-24)22(26-14-25-18)17-12-31(3)29-21(17)16-9-7-6-8-10-16/h6-15H,5H2,1-4H3/t15-/m0/s1. The molecule has 0 aliphatic carbocycles. The van der Waals surface area contributed by atoms with Gasteiger partial charge in [0, 0.05) is 37.0 Å². The molecule has 34 heavy (non-hydrogen) atoms. The van der Waals surface area contributed by atoms with Crippen LogP contribution in [0, 0.1) is 0 Å². The summed E-state index contributed by atoms with van der Waals surface area (Å²) in [6, 6.07) is 11.8. The quantitative estimate of drug-likeness (QED) is 0.364. The highest BCUT2D eigenvalue weighted by molar-refractivity contribution is 5.94. The van der Waals surface area contributed by atoms with Crippen molar-refractivity contribution in [2.45, 2.75) is 26.5 Å². The fourth-order valence-corrected chi connectivity index (χ4v) is 3.73. The van der Waals surface area contributed by atoms with Gasteiger partial charge in [0.2, 0.25) is 0 Å². The number of pyridine rings is 1. The van der Waals surface area contributed by atoms with E-state index in [9.17, 15) is 0 Å². The number of aromatic nitrogens is 8. The zero-order valence-electron chi connectivity index (χ0n) is 19.4. The van der Waals surface area contributed by atoms with Crippen LogP contribution < -0.4 is 9.47 Å². The monoisotopic (exact) mass is 456 g/mol. The Morgan fingerprint density at radius 2 is 1.88 bits per heavy atom. The Bertz CT molecular complexity index is 1440. The van der Waals surface area contributed by atoms with Gasteiger partial charge in [0.1, 0.15) is 35.0 Å². The lowest BCUT2D eigenvalue weighted by molar-refractivity contribution is 0.202. The first kappa shape index (κ1) is 21.5. The van der Waals surface area contributed by atoms with E-state index in [1.54, 1.807) is 22.5 Å². The van der Waals surface area contributed by atoms with Gasteiger partial charge in [0.25, 0.3) is 5.88 Å². The molecule has 5 aromatic rings. The Labute approximate surface area is 196 Å². The molecule has 4 aromatic heterocycles. The van der Waals surface area contributed by atoms with Crippen LogP contribution in [-0.4, -0.2) is 46.8 Å². The number of benzene rings is 1. The fourth-order valence-electron chi connectivity index (χ4n) is 3.73. The average molecular weight is 457 g/mol. The van der Waals surface area contributed by atoms with E-state index in [1.165, 1.54) is 6.33 Å². The van der Waals surface area contributed by atoms with E-state index in [2.05, 4.69) is 25.4 Å². The summed E-state index contributed by atoms with van der Waals surface area (Å²) in [4.78, 5) is 13.8. The summed E-state index contributed by atoms with van der Waals surface area (Å²) in [7, 11) is 3.46. The van der Waals surface area contributed by atoms with Gasteiger partial charge < -0.3 is 9.47 Å². The first-order valence-electron chi connectivity index (χ1n) is 10.9. The van der Waals surface area contributed by atoms with Crippen molar-refractivity contribution in [3.63, 3.8) is 0 Å². The molecule has 0 unspecified atom stereocenters. The van der Waals surface area contributed by atoms with Crippen molar-refractivity contribution in [2.75, 3.05) is 7.11 Å². The van der Waals surface area contributed by atoms with Crippen LogP contribution in [0.5, 0.6) is 11.6 Å². The largest absolute Gasteiger partial charge is 0.491 e. The maximum absolute atomic E-state index is 6.17. The van der Waals surface area contributed by atoms with E-state index < -0.39 is 0 Å². The van der Waals surface area contributed by atoms with Gasteiger partial charge in [-0.25, -0.2) is 15.0 Å². The van der Waals surface area contributed by atoms with Crippen LogP contribution in [0.2, 0.25) is 0 Å². The van der Waals surface area contributed by atoms with Gasteiger partial charge in [-0.15, -0.1) is 5.10 Å². The molecule has 0 N–H and O–H groups in total. The maximum atomic E-state index is 6.17. The van der Waals surface area contributed by atoms with Crippen LogP contribution in [0.1, 0.15) is 25.6 Å². The number of hydrogen-bond acceptors (Lipinski definition) is 8. The number of rotatable bonds is 7. The maximum Gasteiger partial charge on any atom is 0.258 e. The first-order chi connectivity index (χ1) is 16.6. The van der Waals surface area contributed by atoms with E-state index in [0.29, 0.717) is 34.1 Å². The molecule has 1 aromatic carbocycles. The number of fused-ring (bicyclic) bond motifs is 1. The van der Waals surface area contributed by atoms with Gasteiger partial charge in [-0.05, 0) is 13.8 Å². The van der Waals surface area contributed by atoms with Gasteiger partial charge in [0.15, 0.2) is 5.75 Å². The summed E-state index contributed by atoms with van der Waals surface area (Å²) in [5.74, 6) is 0.802. The summed E-state index contributed by atoms with van der Waals surface area (Å²) >= 11 is 0. The summed E-state index contributed by atoms with van der Waals surface area (Å²) in [6.45, 7) is 4.63. The Morgan fingerprint density at radius 3 is 2.62 bits per heavy atom. The van der Waals surface area contributed by atoms with Crippen molar-refractivity contribution < 1.29 is 9.47 Å². The molecule has 0 saturated carbocycles. The topological polar surface area (TPSA) is 106 Å². The van der Waals surface area contributed by atoms with Crippen LogP contribution >= 0.6 is 0 Å². The van der Waals surface area contributed by atoms with Gasteiger partial charge in [-0.2, -0.15) is 5.10 Å². The van der Waals surface area contributed by atoms with Gasteiger partial charge in [-0.1, -0.05) is 35.5 Å². The van der Waals surface area contributed by atoms with Crippen LogP contribution in [0.4, 0.5) is 0 Å². The van der Waals surface area contributed by atoms with Crippen molar-refractivity contribution in [1.82, 2.24) is 39.7 Å². The molecule has 1 atom stereocenters. The third kappa shape index (κ3) is 3.94. The molecule has 0 fully saturated rings. The van der Waals surface area contributed by atoms with Crippen LogP contribution in [0.3, 0.4) is 0 Å². The number of nitrogens with zero attached hydrogens (tertiary/aromatic N) is 8. The lowest BCUT2D eigenvalue weighted by atomic mass is 10.0. The highest BCUT2D eigenvalue weighted by Gasteiger charge is 2.21. The number of aryl methyl sites for hydroxylation is 2. The predicted octanol–water partition coefficient (Wildman–Crippen LogP) is 3.85. The summed E-state index contributed by atoms with van der Waals surface area (Å²) in [5.41, 5.74) is 5.25. The number of methoxy groups -OCH3 is 1. The van der Waals surface area contributed by atoms with E-state index in [4.69, 9.17) is 14.5 Å². The van der Waals surface area contributed by atoms with Crippen molar-refractivity contribution in [1.29, 1.82) is 0 Å². The average Bonchev–Trinajstić information content (AvgIpc) is 3.50. The zero-order valence-corrected chi connectivity index (χ0v) is 19.4. The summed E-state index contributed by atoms with van der Waals surface area (Å²) in [6.07, 6.45) is 4.93. The SMILES string of the molecule is CCn1cc([C@H](C)Oc2nc3c(-c4cn(C)nc4-c4ccccc4)ncnc3cc2OC)nn1. The van der Waals surface area contributed by atoms with Gasteiger partial charge >= 0.3 is 0 Å². The molecule has 0 bridgehead atoms. The molecule has 10 nitrogen and oxygen atoms in total. The number of ether oxygens (including phenoxy) is 2. The minimum Gasteiger partial charge on any atom is -0.491 e.